The highest BCUT2D eigenvalue weighted by molar-refractivity contribution is 7.98. The minimum absolute atomic E-state index is 0.339. The quantitative estimate of drug-likeness (QED) is 0.301. The highest BCUT2D eigenvalue weighted by Gasteiger charge is 2.32. The van der Waals surface area contributed by atoms with E-state index in [9.17, 15) is 4.79 Å². The van der Waals surface area contributed by atoms with Gasteiger partial charge in [0, 0.05) is 37.6 Å². The molecule has 1 heterocycles. The van der Waals surface area contributed by atoms with Gasteiger partial charge in [0.1, 0.15) is 5.75 Å². The second-order valence-electron chi connectivity index (χ2n) is 9.96. The first-order valence-corrected chi connectivity index (χ1v) is 14.0. The molecule has 2 aromatic carbocycles. The van der Waals surface area contributed by atoms with E-state index >= 15 is 0 Å². The van der Waals surface area contributed by atoms with Gasteiger partial charge in [0.05, 0.1) is 6.61 Å². The molecule has 192 valence electrons. The van der Waals surface area contributed by atoms with Crippen LogP contribution in [0.15, 0.2) is 41.3 Å². The number of aryl methyl sites for hydroxylation is 3. The largest absolute Gasteiger partial charge is 0.476 e. The van der Waals surface area contributed by atoms with E-state index in [1.54, 1.807) is 25.6 Å². The van der Waals surface area contributed by atoms with E-state index in [2.05, 4.69) is 66.3 Å². The molecule has 0 atom stereocenters. The highest BCUT2D eigenvalue weighted by Crippen LogP contribution is 2.29. The first-order chi connectivity index (χ1) is 16.7. The fraction of sp³-hybridized carbons (Fsp3) is 0.552. The molecule has 5 nitrogen and oxygen atoms in total. The normalized spacial score (nSPS) is 15.3. The van der Waals surface area contributed by atoms with Crippen molar-refractivity contribution < 1.29 is 14.3 Å². The molecule has 35 heavy (non-hydrogen) atoms. The molecule has 0 spiro atoms. The summed E-state index contributed by atoms with van der Waals surface area (Å²) in [7, 11) is 0. The topological polar surface area (TPSA) is 42.0 Å². The molecule has 0 N–H and O–H groups in total. The van der Waals surface area contributed by atoms with Crippen molar-refractivity contribution in [2.75, 3.05) is 45.6 Å². The van der Waals surface area contributed by atoms with Gasteiger partial charge in [-0.1, -0.05) is 24.3 Å². The Labute approximate surface area is 216 Å². The van der Waals surface area contributed by atoms with E-state index in [1.165, 1.54) is 29.0 Å². The van der Waals surface area contributed by atoms with Crippen LogP contribution in [-0.2, 0) is 22.5 Å². The van der Waals surface area contributed by atoms with E-state index in [4.69, 9.17) is 9.47 Å². The van der Waals surface area contributed by atoms with Crippen molar-refractivity contribution in [3.8, 4) is 5.75 Å². The van der Waals surface area contributed by atoms with Gasteiger partial charge < -0.3 is 14.4 Å². The Hall–Kier alpha value is -2.02. The van der Waals surface area contributed by atoms with Crippen LogP contribution in [0.1, 0.15) is 49.4 Å². The maximum absolute atomic E-state index is 12.3. The van der Waals surface area contributed by atoms with Crippen molar-refractivity contribution in [1.82, 2.24) is 9.80 Å². The lowest BCUT2D eigenvalue weighted by Gasteiger charge is -2.35. The Morgan fingerprint density at radius 1 is 0.971 bits per heavy atom. The van der Waals surface area contributed by atoms with Crippen molar-refractivity contribution in [3.05, 3.63) is 58.7 Å². The number of carbonyl (C=O) groups is 1. The lowest BCUT2D eigenvalue weighted by molar-refractivity contribution is -0.158. The first-order valence-electron chi connectivity index (χ1n) is 12.8. The molecule has 1 aliphatic rings. The second kappa shape index (κ2) is 12.8. The monoisotopic (exact) mass is 498 g/mol. The number of esters is 1. The number of piperazine rings is 1. The number of rotatable bonds is 11. The van der Waals surface area contributed by atoms with Gasteiger partial charge in [-0.05, 0) is 94.6 Å². The van der Waals surface area contributed by atoms with Crippen molar-refractivity contribution in [3.63, 3.8) is 0 Å². The van der Waals surface area contributed by atoms with Gasteiger partial charge in [0.15, 0.2) is 5.60 Å². The number of nitrogens with zero attached hydrogens (tertiary/aromatic N) is 2. The molecule has 0 amide bonds. The second-order valence-corrected chi connectivity index (χ2v) is 10.8. The summed E-state index contributed by atoms with van der Waals surface area (Å²) in [6.45, 7) is 16.3. The molecule has 1 aliphatic heterocycles. The van der Waals surface area contributed by atoms with Gasteiger partial charge in [-0.2, -0.15) is 0 Å². The SMILES string of the molecule is CCOC(=O)C(C)(C)Oc1c(C)cc(CN2CCN(CCCc3ccc(SC)cc3)CC2)cc1C. The summed E-state index contributed by atoms with van der Waals surface area (Å²) in [4.78, 5) is 18.7. The van der Waals surface area contributed by atoms with Gasteiger partial charge >= 0.3 is 5.97 Å². The average molecular weight is 499 g/mol. The lowest BCUT2D eigenvalue weighted by Crippen LogP contribution is -2.46. The van der Waals surface area contributed by atoms with Crippen molar-refractivity contribution in [2.45, 2.75) is 64.5 Å². The lowest BCUT2D eigenvalue weighted by atomic mass is 10.0. The maximum Gasteiger partial charge on any atom is 0.349 e. The van der Waals surface area contributed by atoms with Crippen molar-refractivity contribution >= 4 is 17.7 Å². The molecule has 2 aromatic rings. The summed E-state index contributed by atoms with van der Waals surface area (Å²) in [5, 5.41) is 0. The zero-order valence-corrected chi connectivity index (χ0v) is 23.2. The molecule has 3 rings (SSSR count). The third-order valence-corrected chi connectivity index (χ3v) is 7.36. The van der Waals surface area contributed by atoms with E-state index in [0.29, 0.717) is 6.61 Å². The fourth-order valence-electron chi connectivity index (χ4n) is 4.62. The molecule has 6 heteroatoms. The molecule has 0 bridgehead atoms. The molecule has 1 fully saturated rings. The molecule has 0 aliphatic carbocycles. The van der Waals surface area contributed by atoms with Crippen LogP contribution in [0.25, 0.3) is 0 Å². The van der Waals surface area contributed by atoms with Crippen molar-refractivity contribution in [2.24, 2.45) is 0 Å². The average Bonchev–Trinajstić information content (AvgIpc) is 2.83. The zero-order valence-electron chi connectivity index (χ0n) is 22.4. The predicted molar refractivity (Wildman–Crippen MR) is 146 cm³/mol. The van der Waals surface area contributed by atoms with E-state index in [-0.39, 0.29) is 5.97 Å². The predicted octanol–water partition coefficient (Wildman–Crippen LogP) is 5.50. The molecule has 0 aromatic heterocycles. The molecular weight excluding hydrogens is 456 g/mol. The first kappa shape index (κ1) is 27.6. The summed E-state index contributed by atoms with van der Waals surface area (Å²) < 4.78 is 11.3. The zero-order chi connectivity index (χ0) is 25.4. The Kier molecular flexibility index (Phi) is 10.1. The highest BCUT2D eigenvalue weighted by atomic mass is 32.2. The van der Waals surface area contributed by atoms with Crippen LogP contribution in [0.2, 0.25) is 0 Å². The smallest absolute Gasteiger partial charge is 0.349 e. The molecule has 0 saturated carbocycles. The van der Waals surface area contributed by atoms with Crippen LogP contribution in [0.3, 0.4) is 0 Å². The number of benzene rings is 2. The van der Waals surface area contributed by atoms with Gasteiger partial charge in [-0.15, -0.1) is 11.8 Å². The number of carbonyl (C=O) groups excluding carboxylic acids is 1. The Morgan fingerprint density at radius 3 is 2.14 bits per heavy atom. The third kappa shape index (κ3) is 7.99. The van der Waals surface area contributed by atoms with E-state index in [0.717, 1.165) is 56.0 Å². The van der Waals surface area contributed by atoms with Crippen molar-refractivity contribution in [1.29, 1.82) is 0 Å². The molecule has 1 saturated heterocycles. The van der Waals surface area contributed by atoms with Crippen LogP contribution < -0.4 is 4.74 Å². The summed E-state index contributed by atoms with van der Waals surface area (Å²) >= 11 is 1.80. The van der Waals surface area contributed by atoms with E-state index in [1.807, 2.05) is 6.92 Å². The Morgan fingerprint density at radius 2 is 1.57 bits per heavy atom. The summed E-state index contributed by atoms with van der Waals surface area (Å²) in [6.07, 6.45) is 4.48. The number of hydrogen-bond donors (Lipinski definition) is 0. The summed E-state index contributed by atoms with van der Waals surface area (Å²) in [5.74, 6) is 0.439. The van der Waals surface area contributed by atoms with Crippen LogP contribution in [-0.4, -0.2) is 67.0 Å². The molecular formula is C29H42N2O3S. The van der Waals surface area contributed by atoms with Crippen LogP contribution in [0, 0.1) is 13.8 Å². The maximum atomic E-state index is 12.3. The van der Waals surface area contributed by atoms with Gasteiger partial charge in [-0.3, -0.25) is 4.90 Å². The Bertz CT molecular complexity index is 943. The summed E-state index contributed by atoms with van der Waals surface area (Å²) in [6, 6.07) is 13.4. The Balaban J connectivity index is 1.46. The number of thioether (sulfide) groups is 1. The van der Waals surface area contributed by atoms with Crippen LogP contribution in [0.5, 0.6) is 5.75 Å². The minimum Gasteiger partial charge on any atom is -0.476 e. The number of hydrogen-bond acceptors (Lipinski definition) is 6. The summed E-state index contributed by atoms with van der Waals surface area (Å²) in [5.41, 5.74) is 3.83. The molecule has 0 radical (unpaired) electrons. The third-order valence-electron chi connectivity index (χ3n) is 6.61. The van der Waals surface area contributed by atoms with Crippen LogP contribution >= 0.6 is 11.8 Å². The van der Waals surface area contributed by atoms with Crippen LogP contribution in [0.4, 0.5) is 0 Å². The standard InChI is InChI=1S/C29H42N2O3S/c1-7-33-28(32)29(4,5)34-27-22(2)19-25(20-23(27)3)21-31-17-15-30(16-18-31)14-8-9-24-10-12-26(35-6)13-11-24/h10-13,19-20H,7-9,14-18,21H2,1-6H3. The fourth-order valence-corrected chi connectivity index (χ4v) is 5.03. The number of ether oxygens (including phenoxy) is 2. The van der Waals surface area contributed by atoms with Gasteiger partial charge in [0.2, 0.25) is 0 Å². The van der Waals surface area contributed by atoms with E-state index < -0.39 is 5.60 Å². The van der Waals surface area contributed by atoms with Gasteiger partial charge in [-0.25, -0.2) is 4.79 Å². The van der Waals surface area contributed by atoms with Gasteiger partial charge in [0.25, 0.3) is 0 Å². The molecule has 0 unspecified atom stereocenters. The minimum atomic E-state index is -1.01.